The van der Waals surface area contributed by atoms with Crippen molar-refractivity contribution in [3.05, 3.63) is 75.1 Å². The molecular formula is C16H15Cl2NO2S. The van der Waals surface area contributed by atoms with Gasteiger partial charge in [0, 0.05) is 21.5 Å². The Labute approximate surface area is 140 Å². The van der Waals surface area contributed by atoms with E-state index >= 15 is 0 Å². The third-order valence-electron chi connectivity index (χ3n) is 3.01. The van der Waals surface area contributed by atoms with Gasteiger partial charge >= 0.3 is 0 Å². The van der Waals surface area contributed by atoms with Crippen LogP contribution >= 0.6 is 23.2 Å². The molecule has 1 atom stereocenters. The van der Waals surface area contributed by atoms with Crippen LogP contribution in [0.1, 0.15) is 24.1 Å². The largest absolute Gasteiger partial charge is 0.234 e. The molecule has 1 N–H and O–H groups in total. The molecule has 2 aromatic rings. The maximum absolute atomic E-state index is 12.1. The van der Waals surface area contributed by atoms with Gasteiger partial charge in [-0.3, -0.25) is 0 Å². The lowest BCUT2D eigenvalue weighted by molar-refractivity contribution is 0.576. The summed E-state index contributed by atoms with van der Waals surface area (Å²) >= 11 is 11.9. The number of sulfonamides is 1. The van der Waals surface area contributed by atoms with E-state index in [1.165, 1.54) is 0 Å². The zero-order chi connectivity index (χ0) is 16.2. The third-order valence-corrected chi connectivity index (χ3v) is 4.75. The van der Waals surface area contributed by atoms with Gasteiger partial charge in [-0.1, -0.05) is 59.6 Å². The van der Waals surface area contributed by atoms with Gasteiger partial charge < -0.3 is 0 Å². The lowest BCUT2D eigenvalue weighted by atomic mass is 10.1. The van der Waals surface area contributed by atoms with Gasteiger partial charge in [0.05, 0.1) is 0 Å². The van der Waals surface area contributed by atoms with E-state index in [4.69, 9.17) is 23.2 Å². The van der Waals surface area contributed by atoms with Crippen LogP contribution < -0.4 is 4.72 Å². The fourth-order valence-corrected chi connectivity index (χ4v) is 3.54. The summed E-state index contributed by atoms with van der Waals surface area (Å²) in [5.74, 6) is 0. The Morgan fingerprint density at radius 3 is 2.41 bits per heavy atom. The lowest BCUT2D eigenvalue weighted by Crippen LogP contribution is -2.24. The highest BCUT2D eigenvalue weighted by atomic mass is 35.5. The van der Waals surface area contributed by atoms with E-state index in [-0.39, 0.29) is 0 Å². The van der Waals surface area contributed by atoms with Crippen molar-refractivity contribution in [2.75, 3.05) is 0 Å². The van der Waals surface area contributed by atoms with E-state index in [1.54, 1.807) is 31.2 Å². The highest BCUT2D eigenvalue weighted by Gasteiger charge is 2.15. The second-order valence-electron chi connectivity index (χ2n) is 4.76. The predicted molar refractivity (Wildman–Crippen MR) is 92.4 cm³/mol. The summed E-state index contributed by atoms with van der Waals surface area (Å²) in [7, 11) is -3.58. The number of hydrogen-bond acceptors (Lipinski definition) is 2. The number of hydrogen-bond donors (Lipinski definition) is 1. The van der Waals surface area contributed by atoms with Crippen LogP contribution in [0.3, 0.4) is 0 Å². The maximum Gasteiger partial charge on any atom is 0.234 e. The van der Waals surface area contributed by atoms with Gasteiger partial charge in [-0.25, -0.2) is 13.1 Å². The zero-order valence-corrected chi connectivity index (χ0v) is 14.2. The monoisotopic (exact) mass is 355 g/mol. The molecule has 1 unspecified atom stereocenters. The summed E-state index contributed by atoms with van der Waals surface area (Å²) in [5.41, 5.74) is 1.48. The van der Waals surface area contributed by atoms with E-state index in [2.05, 4.69) is 4.72 Å². The van der Waals surface area contributed by atoms with Gasteiger partial charge in [-0.2, -0.15) is 0 Å². The first-order valence-electron chi connectivity index (χ1n) is 6.58. The molecule has 0 fully saturated rings. The minimum atomic E-state index is -3.58. The first-order chi connectivity index (χ1) is 10.4. The molecule has 6 heteroatoms. The highest BCUT2D eigenvalue weighted by molar-refractivity contribution is 7.92. The normalized spacial score (nSPS) is 13.4. The number of benzene rings is 2. The summed E-state index contributed by atoms with van der Waals surface area (Å²) < 4.78 is 26.8. The Kier molecular flexibility index (Phi) is 5.64. The van der Waals surface area contributed by atoms with Gasteiger partial charge in [0.25, 0.3) is 0 Å². The second-order valence-corrected chi connectivity index (χ2v) is 7.21. The molecule has 0 saturated heterocycles. The molecule has 2 aromatic carbocycles. The summed E-state index contributed by atoms with van der Waals surface area (Å²) in [5, 5.41) is 2.07. The van der Waals surface area contributed by atoms with Crippen molar-refractivity contribution < 1.29 is 8.42 Å². The van der Waals surface area contributed by atoms with Crippen LogP contribution in [0.15, 0.2) is 53.9 Å². The van der Waals surface area contributed by atoms with Gasteiger partial charge in [-0.05, 0) is 36.3 Å². The zero-order valence-electron chi connectivity index (χ0n) is 11.8. The SMILES string of the molecule is CC(NS(=O)(=O)/C=C/c1ccccc1)c1ccc(Cl)cc1Cl. The molecule has 0 amide bonds. The minimum Gasteiger partial charge on any atom is -0.208 e. The van der Waals surface area contributed by atoms with Crippen LogP contribution in [0, 0.1) is 0 Å². The van der Waals surface area contributed by atoms with E-state index in [0.717, 1.165) is 11.0 Å². The first-order valence-corrected chi connectivity index (χ1v) is 8.88. The van der Waals surface area contributed by atoms with Crippen LogP contribution in [-0.2, 0) is 10.0 Å². The van der Waals surface area contributed by atoms with Crippen molar-refractivity contribution in [2.24, 2.45) is 0 Å². The van der Waals surface area contributed by atoms with Gasteiger partial charge in [0.2, 0.25) is 10.0 Å². The van der Waals surface area contributed by atoms with Gasteiger partial charge in [-0.15, -0.1) is 0 Å². The molecule has 0 heterocycles. The Morgan fingerprint density at radius 1 is 1.09 bits per heavy atom. The molecule has 0 aliphatic rings. The van der Waals surface area contributed by atoms with Crippen molar-refractivity contribution in [1.29, 1.82) is 0 Å². The average Bonchev–Trinajstić information content (AvgIpc) is 2.45. The Morgan fingerprint density at radius 2 is 1.77 bits per heavy atom. The third kappa shape index (κ3) is 4.85. The number of halogens is 2. The molecule has 0 bridgehead atoms. The van der Waals surface area contributed by atoms with Crippen LogP contribution in [0.2, 0.25) is 10.0 Å². The van der Waals surface area contributed by atoms with Crippen molar-refractivity contribution in [3.63, 3.8) is 0 Å². The Balaban J connectivity index is 2.13. The number of rotatable bonds is 5. The Hall–Kier alpha value is -1.33. The molecule has 2 rings (SSSR count). The summed E-state index contributed by atoms with van der Waals surface area (Å²) in [6.07, 6.45) is 1.54. The Bertz CT molecular complexity index is 774. The molecular weight excluding hydrogens is 341 g/mol. The van der Waals surface area contributed by atoms with E-state index in [9.17, 15) is 8.42 Å². The smallest absolute Gasteiger partial charge is 0.208 e. The van der Waals surface area contributed by atoms with Crippen LogP contribution in [0.25, 0.3) is 6.08 Å². The molecule has 116 valence electrons. The van der Waals surface area contributed by atoms with Crippen LogP contribution in [0.4, 0.5) is 0 Å². The lowest BCUT2D eigenvalue weighted by Gasteiger charge is -2.14. The molecule has 22 heavy (non-hydrogen) atoms. The fraction of sp³-hybridized carbons (Fsp3) is 0.125. The highest BCUT2D eigenvalue weighted by Crippen LogP contribution is 2.26. The second kappa shape index (κ2) is 7.29. The molecule has 0 spiro atoms. The quantitative estimate of drug-likeness (QED) is 0.848. The fourth-order valence-electron chi connectivity index (χ4n) is 1.93. The van der Waals surface area contributed by atoms with E-state index in [1.807, 2.05) is 30.3 Å². The summed E-state index contributed by atoms with van der Waals surface area (Å²) in [6.45, 7) is 1.73. The van der Waals surface area contributed by atoms with Crippen LogP contribution in [-0.4, -0.2) is 8.42 Å². The van der Waals surface area contributed by atoms with E-state index < -0.39 is 16.1 Å². The average molecular weight is 356 g/mol. The minimum absolute atomic E-state index is 0.426. The molecule has 0 saturated carbocycles. The van der Waals surface area contributed by atoms with Crippen molar-refractivity contribution >= 4 is 39.3 Å². The molecule has 0 aliphatic carbocycles. The predicted octanol–water partition coefficient (Wildman–Crippen LogP) is 4.64. The summed E-state index contributed by atoms with van der Waals surface area (Å²) in [6, 6.07) is 13.7. The molecule has 0 aliphatic heterocycles. The number of nitrogens with one attached hydrogen (secondary N) is 1. The first kappa shape index (κ1) is 17.0. The van der Waals surface area contributed by atoms with Crippen molar-refractivity contribution in [1.82, 2.24) is 4.72 Å². The van der Waals surface area contributed by atoms with Gasteiger partial charge in [0.15, 0.2) is 0 Å². The standard InChI is InChI=1S/C16H15Cl2NO2S/c1-12(15-8-7-14(17)11-16(15)18)19-22(20,21)10-9-13-5-3-2-4-6-13/h2-12,19H,1H3/b10-9+. The molecule has 0 radical (unpaired) electrons. The van der Waals surface area contributed by atoms with Crippen molar-refractivity contribution in [3.8, 4) is 0 Å². The van der Waals surface area contributed by atoms with Crippen LogP contribution in [0.5, 0.6) is 0 Å². The van der Waals surface area contributed by atoms with Gasteiger partial charge in [0.1, 0.15) is 0 Å². The van der Waals surface area contributed by atoms with Crippen molar-refractivity contribution in [2.45, 2.75) is 13.0 Å². The van der Waals surface area contributed by atoms with E-state index in [0.29, 0.717) is 15.6 Å². The topological polar surface area (TPSA) is 46.2 Å². The maximum atomic E-state index is 12.1. The summed E-state index contributed by atoms with van der Waals surface area (Å²) in [4.78, 5) is 0. The molecule has 3 nitrogen and oxygen atoms in total. The molecule has 0 aromatic heterocycles.